The van der Waals surface area contributed by atoms with Crippen LogP contribution in [0.25, 0.3) is 0 Å². The summed E-state index contributed by atoms with van der Waals surface area (Å²) < 4.78 is 21.9. The standard InChI is InChI=1S/C25H34N2O9/c1-7-16-21(36-19(29)11-13(2)3)15(5)35-25(32)20(14(4)34-24(16)31)27-23(30)17-9-8-10-18(26-12-28)22(17)33-6/h8-10,12-16,20-21H,7,11H2,1-6H3,(H,26,28)(H,27,30)/t14-,15+,16-,20+,21+/m1/s1. The number of esters is 3. The van der Waals surface area contributed by atoms with E-state index in [9.17, 15) is 24.0 Å². The van der Waals surface area contributed by atoms with Gasteiger partial charge in [0.15, 0.2) is 17.9 Å². The van der Waals surface area contributed by atoms with Gasteiger partial charge < -0.3 is 29.6 Å². The molecule has 1 heterocycles. The second kappa shape index (κ2) is 12.9. The molecular formula is C25H34N2O9. The first-order chi connectivity index (χ1) is 17.0. The Labute approximate surface area is 210 Å². The maximum Gasteiger partial charge on any atom is 0.332 e. The third-order valence-electron chi connectivity index (χ3n) is 5.74. The Morgan fingerprint density at radius 1 is 1.11 bits per heavy atom. The predicted octanol–water partition coefficient (Wildman–Crippen LogP) is 2.22. The number of para-hydroxylation sites is 1. The molecule has 0 unspecified atom stereocenters. The fourth-order valence-electron chi connectivity index (χ4n) is 3.93. The van der Waals surface area contributed by atoms with Gasteiger partial charge in [-0.1, -0.05) is 26.8 Å². The number of ether oxygens (including phenoxy) is 4. The molecule has 0 aliphatic carbocycles. The van der Waals surface area contributed by atoms with E-state index < -0.39 is 54.1 Å². The van der Waals surface area contributed by atoms with Crippen molar-refractivity contribution >= 4 is 35.9 Å². The summed E-state index contributed by atoms with van der Waals surface area (Å²) in [6.07, 6.45) is -2.28. The number of nitrogens with one attached hydrogen (secondary N) is 2. The first kappa shape index (κ1) is 28.6. The zero-order valence-electron chi connectivity index (χ0n) is 21.4. The summed E-state index contributed by atoms with van der Waals surface area (Å²) in [5, 5.41) is 4.97. The lowest BCUT2D eigenvalue weighted by Gasteiger charge is -2.28. The Kier molecular flexibility index (Phi) is 10.2. The number of hydrogen-bond acceptors (Lipinski definition) is 9. The molecule has 2 N–H and O–H groups in total. The number of carbonyl (C=O) groups is 5. The summed E-state index contributed by atoms with van der Waals surface area (Å²) >= 11 is 0. The Bertz CT molecular complexity index is 978. The highest BCUT2D eigenvalue weighted by Gasteiger charge is 2.43. The smallest absolute Gasteiger partial charge is 0.332 e. The van der Waals surface area contributed by atoms with E-state index in [-0.39, 0.29) is 35.8 Å². The first-order valence-corrected chi connectivity index (χ1v) is 11.8. The predicted molar refractivity (Wildman–Crippen MR) is 128 cm³/mol. The summed E-state index contributed by atoms with van der Waals surface area (Å²) in [7, 11) is 1.33. The SMILES string of the molecule is CC[C@H]1C(=O)O[C@H](C)[C@H](NC(=O)c2cccc(NC=O)c2OC)C(=O)O[C@@H](C)[C@@H]1OC(=O)CC(C)C. The molecule has 1 aliphatic heterocycles. The number of hydrogen-bond donors (Lipinski definition) is 2. The van der Waals surface area contributed by atoms with Crippen molar-refractivity contribution in [2.75, 3.05) is 12.4 Å². The van der Waals surface area contributed by atoms with E-state index in [1.165, 1.54) is 39.2 Å². The van der Waals surface area contributed by atoms with Gasteiger partial charge in [-0.2, -0.15) is 0 Å². The topological polar surface area (TPSA) is 146 Å². The molecule has 0 bridgehead atoms. The summed E-state index contributed by atoms with van der Waals surface area (Å²) in [4.78, 5) is 62.4. The van der Waals surface area contributed by atoms with Crippen molar-refractivity contribution in [1.29, 1.82) is 0 Å². The number of methoxy groups -OCH3 is 1. The number of carbonyl (C=O) groups excluding carboxylic acids is 5. The third kappa shape index (κ3) is 6.96. The number of benzene rings is 1. The van der Waals surface area contributed by atoms with E-state index in [0.29, 0.717) is 6.41 Å². The maximum atomic E-state index is 13.1. The van der Waals surface area contributed by atoms with Crippen LogP contribution in [0.5, 0.6) is 5.75 Å². The van der Waals surface area contributed by atoms with Crippen LogP contribution in [0.15, 0.2) is 18.2 Å². The van der Waals surface area contributed by atoms with Crippen molar-refractivity contribution in [2.24, 2.45) is 11.8 Å². The molecule has 2 amide bonds. The lowest BCUT2D eigenvalue weighted by atomic mass is 9.95. The average Bonchev–Trinajstić information content (AvgIpc) is 2.83. The quantitative estimate of drug-likeness (QED) is 0.292. The molecule has 0 spiro atoms. The van der Waals surface area contributed by atoms with Gasteiger partial charge in [-0.25, -0.2) is 4.79 Å². The van der Waals surface area contributed by atoms with Gasteiger partial charge in [-0.15, -0.1) is 0 Å². The van der Waals surface area contributed by atoms with E-state index in [1.807, 2.05) is 13.8 Å². The largest absolute Gasteiger partial charge is 0.494 e. The molecule has 0 radical (unpaired) electrons. The highest BCUT2D eigenvalue weighted by molar-refractivity contribution is 6.01. The van der Waals surface area contributed by atoms with Gasteiger partial charge in [0.2, 0.25) is 6.41 Å². The molecular weight excluding hydrogens is 472 g/mol. The van der Waals surface area contributed by atoms with Gasteiger partial charge in [-0.05, 0) is 38.3 Å². The van der Waals surface area contributed by atoms with Gasteiger partial charge in [0.1, 0.15) is 12.2 Å². The van der Waals surface area contributed by atoms with Crippen LogP contribution in [0.1, 0.15) is 57.8 Å². The highest BCUT2D eigenvalue weighted by Crippen LogP contribution is 2.29. The first-order valence-electron chi connectivity index (χ1n) is 11.8. The molecule has 1 aliphatic rings. The Morgan fingerprint density at radius 2 is 1.78 bits per heavy atom. The van der Waals surface area contributed by atoms with Gasteiger partial charge in [0, 0.05) is 6.42 Å². The Balaban J connectivity index is 2.33. The number of cyclic esters (lactones) is 2. The average molecular weight is 507 g/mol. The Hall–Kier alpha value is -3.63. The second-order valence-electron chi connectivity index (χ2n) is 8.95. The lowest BCUT2D eigenvalue weighted by Crippen LogP contribution is -2.50. The van der Waals surface area contributed by atoms with Crippen molar-refractivity contribution in [3.05, 3.63) is 23.8 Å². The molecule has 1 fully saturated rings. The summed E-state index contributed by atoms with van der Waals surface area (Å²) in [5.74, 6) is -3.52. The van der Waals surface area contributed by atoms with Crippen molar-refractivity contribution in [1.82, 2.24) is 5.32 Å². The highest BCUT2D eigenvalue weighted by atomic mass is 16.6. The third-order valence-corrected chi connectivity index (χ3v) is 5.74. The van der Waals surface area contributed by atoms with Gasteiger partial charge in [-0.3, -0.25) is 19.2 Å². The zero-order chi connectivity index (χ0) is 27.0. The van der Waals surface area contributed by atoms with E-state index in [4.69, 9.17) is 18.9 Å². The minimum atomic E-state index is -1.36. The van der Waals surface area contributed by atoms with E-state index in [0.717, 1.165) is 0 Å². The lowest BCUT2D eigenvalue weighted by molar-refractivity contribution is -0.175. The molecule has 1 aromatic rings. The minimum absolute atomic E-state index is 0.0375. The maximum absolute atomic E-state index is 13.1. The molecule has 198 valence electrons. The van der Waals surface area contributed by atoms with Gasteiger partial charge >= 0.3 is 17.9 Å². The van der Waals surface area contributed by atoms with Crippen molar-refractivity contribution < 1.29 is 42.9 Å². The van der Waals surface area contributed by atoms with E-state index >= 15 is 0 Å². The molecule has 2 rings (SSSR count). The molecule has 36 heavy (non-hydrogen) atoms. The van der Waals surface area contributed by atoms with Crippen LogP contribution in [0.2, 0.25) is 0 Å². The molecule has 11 heteroatoms. The summed E-state index contributed by atoms with van der Waals surface area (Å²) in [6.45, 7) is 8.42. The zero-order valence-corrected chi connectivity index (χ0v) is 21.4. The fraction of sp³-hybridized carbons (Fsp3) is 0.560. The van der Waals surface area contributed by atoms with Crippen molar-refractivity contribution in [3.8, 4) is 5.75 Å². The second-order valence-corrected chi connectivity index (χ2v) is 8.95. The molecule has 0 aromatic heterocycles. The van der Waals surface area contributed by atoms with Crippen LogP contribution in [0.4, 0.5) is 5.69 Å². The molecule has 0 saturated carbocycles. The normalized spacial score (nSPS) is 24.4. The Morgan fingerprint density at radius 3 is 2.36 bits per heavy atom. The summed E-state index contributed by atoms with van der Waals surface area (Å²) in [6, 6.07) is 3.15. The monoisotopic (exact) mass is 506 g/mol. The fourth-order valence-corrected chi connectivity index (χ4v) is 3.93. The van der Waals surface area contributed by atoms with Crippen LogP contribution in [0, 0.1) is 11.8 Å². The molecule has 1 saturated heterocycles. The van der Waals surface area contributed by atoms with Crippen LogP contribution >= 0.6 is 0 Å². The van der Waals surface area contributed by atoms with Gasteiger partial charge in [0.25, 0.3) is 5.91 Å². The van der Waals surface area contributed by atoms with Crippen LogP contribution in [-0.2, 0) is 33.4 Å². The van der Waals surface area contributed by atoms with Crippen molar-refractivity contribution in [2.45, 2.75) is 71.8 Å². The number of rotatable bonds is 9. The van der Waals surface area contributed by atoms with E-state index in [2.05, 4.69) is 10.6 Å². The van der Waals surface area contributed by atoms with Crippen LogP contribution in [0.3, 0.4) is 0 Å². The van der Waals surface area contributed by atoms with Gasteiger partial charge in [0.05, 0.1) is 24.3 Å². The number of amides is 2. The molecule has 11 nitrogen and oxygen atoms in total. The van der Waals surface area contributed by atoms with Crippen LogP contribution < -0.4 is 15.4 Å². The van der Waals surface area contributed by atoms with E-state index in [1.54, 1.807) is 6.92 Å². The van der Waals surface area contributed by atoms with Crippen LogP contribution in [-0.4, -0.2) is 61.7 Å². The minimum Gasteiger partial charge on any atom is -0.494 e. The summed E-state index contributed by atoms with van der Waals surface area (Å²) in [5.41, 5.74) is 0.289. The number of anilines is 1. The van der Waals surface area contributed by atoms with Crippen molar-refractivity contribution in [3.63, 3.8) is 0 Å². The molecule has 5 atom stereocenters. The molecule has 1 aromatic carbocycles.